The zero-order valence-electron chi connectivity index (χ0n) is 5.62. The minimum atomic E-state index is 0.843. The van der Waals surface area contributed by atoms with Crippen molar-refractivity contribution < 1.29 is 0 Å². The molecule has 0 fully saturated rings. The van der Waals surface area contributed by atoms with Crippen LogP contribution in [-0.4, -0.2) is 13.6 Å². The van der Waals surface area contributed by atoms with E-state index in [0.29, 0.717) is 0 Å². The SMILES string of the molecule is C=C(C)C(=C)CNC. The highest BCUT2D eigenvalue weighted by molar-refractivity contribution is 5.23. The Morgan fingerprint density at radius 2 is 2.00 bits per heavy atom. The van der Waals surface area contributed by atoms with Crippen molar-refractivity contribution in [2.75, 3.05) is 13.6 Å². The van der Waals surface area contributed by atoms with Crippen molar-refractivity contribution in [1.29, 1.82) is 0 Å². The zero-order chi connectivity index (χ0) is 6.57. The predicted octanol–water partition coefficient (Wildman–Crippen LogP) is 1.34. The Balaban J connectivity index is 3.49. The van der Waals surface area contributed by atoms with Gasteiger partial charge in [0.05, 0.1) is 0 Å². The van der Waals surface area contributed by atoms with E-state index in [0.717, 1.165) is 17.7 Å². The molecule has 0 rings (SSSR count). The summed E-state index contributed by atoms with van der Waals surface area (Å²) < 4.78 is 0. The summed E-state index contributed by atoms with van der Waals surface area (Å²) in [6.07, 6.45) is 0. The summed E-state index contributed by atoms with van der Waals surface area (Å²) >= 11 is 0. The van der Waals surface area contributed by atoms with Crippen molar-refractivity contribution in [2.24, 2.45) is 0 Å². The number of nitrogens with one attached hydrogen (secondary N) is 1. The van der Waals surface area contributed by atoms with Gasteiger partial charge >= 0.3 is 0 Å². The Labute approximate surface area is 51.1 Å². The highest BCUT2D eigenvalue weighted by Gasteiger charge is 1.88. The molecule has 1 nitrogen and oxygen atoms in total. The van der Waals surface area contributed by atoms with E-state index in [1.165, 1.54) is 0 Å². The minimum Gasteiger partial charge on any atom is -0.316 e. The highest BCUT2D eigenvalue weighted by atomic mass is 14.8. The van der Waals surface area contributed by atoms with Crippen LogP contribution in [0, 0.1) is 0 Å². The molecule has 0 aromatic carbocycles. The van der Waals surface area contributed by atoms with Crippen LogP contribution >= 0.6 is 0 Å². The fourth-order valence-electron chi connectivity index (χ4n) is 0.364. The maximum Gasteiger partial charge on any atom is 0.0199 e. The van der Waals surface area contributed by atoms with Crippen molar-refractivity contribution in [3.05, 3.63) is 24.3 Å². The van der Waals surface area contributed by atoms with Crippen LogP contribution in [-0.2, 0) is 0 Å². The standard InChI is InChI=1S/C7H13N/c1-6(2)7(3)5-8-4/h8H,1,3,5H2,2,4H3. The quantitative estimate of drug-likeness (QED) is 0.542. The molecule has 0 aromatic rings. The van der Waals surface area contributed by atoms with E-state index in [9.17, 15) is 0 Å². The zero-order valence-corrected chi connectivity index (χ0v) is 5.62. The highest BCUT2D eigenvalue weighted by Crippen LogP contribution is 1.99. The van der Waals surface area contributed by atoms with Crippen molar-refractivity contribution in [1.82, 2.24) is 5.32 Å². The maximum atomic E-state index is 3.78. The normalized spacial score (nSPS) is 8.75. The lowest BCUT2D eigenvalue weighted by atomic mass is 10.2. The summed E-state index contributed by atoms with van der Waals surface area (Å²) in [6.45, 7) is 10.3. The molecule has 1 N–H and O–H groups in total. The molecular weight excluding hydrogens is 98.1 g/mol. The van der Waals surface area contributed by atoms with Crippen LogP contribution in [0.1, 0.15) is 6.92 Å². The Kier molecular flexibility index (Phi) is 3.20. The van der Waals surface area contributed by atoms with Gasteiger partial charge in [-0.3, -0.25) is 0 Å². The molecule has 0 saturated heterocycles. The van der Waals surface area contributed by atoms with E-state index in [4.69, 9.17) is 0 Å². The number of hydrogen-bond acceptors (Lipinski definition) is 1. The number of rotatable bonds is 3. The lowest BCUT2D eigenvalue weighted by Gasteiger charge is -2.00. The van der Waals surface area contributed by atoms with E-state index in [1.807, 2.05) is 14.0 Å². The molecule has 8 heavy (non-hydrogen) atoms. The van der Waals surface area contributed by atoms with Gasteiger partial charge in [-0.05, 0) is 19.5 Å². The van der Waals surface area contributed by atoms with Crippen LogP contribution in [0.5, 0.6) is 0 Å². The van der Waals surface area contributed by atoms with E-state index in [1.54, 1.807) is 0 Å². The molecule has 0 spiro atoms. The molecule has 0 aliphatic carbocycles. The lowest BCUT2D eigenvalue weighted by molar-refractivity contribution is 0.888. The second-order valence-electron chi connectivity index (χ2n) is 1.91. The summed E-state index contributed by atoms with van der Waals surface area (Å²) in [5.41, 5.74) is 2.13. The Hall–Kier alpha value is -0.560. The average Bonchev–Trinajstić information content (AvgIpc) is 1.67. The fraction of sp³-hybridized carbons (Fsp3) is 0.429. The van der Waals surface area contributed by atoms with Crippen LogP contribution in [0.3, 0.4) is 0 Å². The third-order valence-electron chi connectivity index (χ3n) is 0.994. The van der Waals surface area contributed by atoms with Crippen molar-refractivity contribution in [3.63, 3.8) is 0 Å². The Bertz CT molecular complexity index is 103. The maximum absolute atomic E-state index is 3.78. The van der Waals surface area contributed by atoms with Crippen molar-refractivity contribution in [3.8, 4) is 0 Å². The van der Waals surface area contributed by atoms with Gasteiger partial charge in [-0.25, -0.2) is 0 Å². The third-order valence-corrected chi connectivity index (χ3v) is 0.994. The van der Waals surface area contributed by atoms with Gasteiger partial charge in [0.15, 0.2) is 0 Å². The molecule has 0 saturated carbocycles. The van der Waals surface area contributed by atoms with Gasteiger partial charge in [0.1, 0.15) is 0 Å². The number of hydrogen-bond donors (Lipinski definition) is 1. The van der Waals surface area contributed by atoms with Gasteiger partial charge in [-0.1, -0.05) is 18.7 Å². The van der Waals surface area contributed by atoms with E-state index < -0.39 is 0 Å². The molecule has 0 unspecified atom stereocenters. The molecule has 46 valence electrons. The summed E-state index contributed by atoms with van der Waals surface area (Å²) in [7, 11) is 1.90. The van der Waals surface area contributed by atoms with Gasteiger partial charge < -0.3 is 5.32 Å². The summed E-state index contributed by atoms with van der Waals surface area (Å²) in [5.74, 6) is 0. The van der Waals surface area contributed by atoms with Crippen LogP contribution < -0.4 is 5.32 Å². The fourth-order valence-corrected chi connectivity index (χ4v) is 0.364. The monoisotopic (exact) mass is 111 g/mol. The van der Waals surface area contributed by atoms with Gasteiger partial charge in [0.2, 0.25) is 0 Å². The molecule has 1 heteroatoms. The molecule has 0 atom stereocenters. The average molecular weight is 111 g/mol. The van der Waals surface area contributed by atoms with Crippen LogP contribution in [0.2, 0.25) is 0 Å². The van der Waals surface area contributed by atoms with E-state index in [2.05, 4.69) is 18.5 Å². The van der Waals surface area contributed by atoms with Gasteiger partial charge in [0.25, 0.3) is 0 Å². The second-order valence-corrected chi connectivity index (χ2v) is 1.91. The van der Waals surface area contributed by atoms with Gasteiger partial charge in [-0.2, -0.15) is 0 Å². The smallest absolute Gasteiger partial charge is 0.0199 e. The first-order valence-electron chi connectivity index (χ1n) is 2.66. The van der Waals surface area contributed by atoms with Crippen LogP contribution in [0.4, 0.5) is 0 Å². The molecule has 0 aliphatic rings. The Morgan fingerprint density at radius 1 is 1.50 bits per heavy atom. The molecule has 0 aromatic heterocycles. The molecule has 0 radical (unpaired) electrons. The molecule has 0 amide bonds. The summed E-state index contributed by atoms with van der Waals surface area (Å²) in [6, 6.07) is 0. The van der Waals surface area contributed by atoms with Crippen molar-refractivity contribution >= 4 is 0 Å². The van der Waals surface area contributed by atoms with Crippen molar-refractivity contribution in [2.45, 2.75) is 6.92 Å². The minimum absolute atomic E-state index is 0.843. The van der Waals surface area contributed by atoms with E-state index in [-0.39, 0.29) is 0 Å². The van der Waals surface area contributed by atoms with Crippen LogP contribution in [0.25, 0.3) is 0 Å². The third kappa shape index (κ3) is 2.59. The number of likely N-dealkylation sites (N-methyl/N-ethyl adjacent to an activating group) is 1. The lowest BCUT2D eigenvalue weighted by Crippen LogP contribution is -2.09. The molecule has 0 bridgehead atoms. The first-order valence-corrected chi connectivity index (χ1v) is 2.66. The largest absolute Gasteiger partial charge is 0.316 e. The first-order chi connectivity index (χ1) is 3.68. The van der Waals surface area contributed by atoms with Gasteiger partial charge in [-0.15, -0.1) is 0 Å². The topological polar surface area (TPSA) is 12.0 Å². The molecule has 0 heterocycles. The Morgan fingerprint density at radius 3 is 2.12 bits per heavy atom. The summed E-state index contributed by atoms with van der Waals surface area (Å²) in [4.78, 5) is 0. The molecular formula is C7H13N. The second kappa shape index (κ2) is 3.44. The van der Waals surface area contributed by atoms with E-state index >= 15 is 0 Å². The molecule has 0 aliphatic heterocycles. The predicted molar refractivity (Wildman–Crippen MR) is 37.9 cm³/mol. The van der Waals surface area contributed by atoms with Crippen LogP contribution in [0.15, 0.2) is 24.3 Å². The summed E-state index contributed by atoms with van der Waals surface area (Å²) in [5, 5.41) is 2.99. The first kappa shape index (κ1) is 7.44. The van der Waals surface area contributed by atoms with Gasteiger partial charge in [0, 0.05) is 6.54 Å².